The molecule has 106 valence electrons. The van der Waals surface area contributed by atoms with E-state index in [9.17, 15) is 13.2 Å². The van der Waals surface area contributed by atoms with E-state index >= 15 is 0 Å². The molecular weight excluding hydrogens is 282 g/mol. The van der Waals surface area contributed by atoms with Gasteiger partial charge in [0, 0.05) is 11.4 Å². The van der Waals surface area contributed by atoms with E-state index in [1.54, 1.807) is 6.07 Å². The van der Waals surface area contributed by atoms with Crippen molar-refractivity contribution in [3.05, 3.63) is 21.9 Å². The molecule has 1 aromatic heterocycles. The van der Waals surface area contributed by atoms with Crippen molar-refractivity contribution in [1.82, 2.24) is 4.31 Å². The van der Waals surface area contributed by atoms with E-state index in [0.717, 1.165) is 15.6 Å². The average molecular weight is 301 g/mol. The molecule has 1 aromatic rings. The molecule has 2 heterocycles. The van der Waals surface area contributed by atoms with Crippen LogP contribution in [0.3, 0.4) is 0 Å². The molecule has 0 N–H and O–H groups in total. The molecule has 0 spiro atoms. The highest BCUT2D eigenvalue weighted by Crippen LogP contribution is 2.26. The van der Waals surface area contributed by atoms with Crippen molar-refractivity contribution in [2.75, 3.05) is 12.3 Å². The van der Waals surface area contributed by atoms with Gasteiger partial charge >= 0.3 is 0 Å². The van der Waals surface area contributed by atoms with Gasteiger partial charge in [0.1, 0.15) is 0 Å². The van der Waals surface area contributed by atoms with E-state index in [0.29, 0.717) is 17.3 Å². The van der Waals surface area contributed by atoms with Crippen LogP contribution in [0.1, 0.15) is 35.3 Å². The van der Waals surface area contributed by atoms with Crippen LogP contribution >= 0.6 is 11.3 Å². The summed E-state index contributed by atoms with van der Waals surface area (Å²) in [7, 11) is -3.41. The number of hydrogen-bond donors (Lipinski definition) is 0. The smallest absolute Gasteiger partial charge is 0.267 e. The fourth-order valence-electron chi connectivity index (χ4n) is 2.24. The third-order valence-corrected chi connectivity index (χ3v) is 6.09. The van der Waals surface area contributed by atoms with E-state index in [2.05, 4.69) is 13.8 Å². The van der Waals surface area contributed by atoms with Gasteiger partial charge in [-0.3, -0.25) is 4.79 Å². The minimum absolute atomic E-state index is 0.0176. The number of amides is 1. The number of sulfonamides is 1. The molecular formula is C13H19NO3S2. The molecule has 0 saturated carbocycles. The fraction of sp³-hybridized carbons (Fsp3) is 0.615. The summed E-state index contributed by atoms with van der Waals surface area (Å²) in [5, 5.41) is 0. The molecule has 19 heavy (non-hydrogen) atoms. The van der Waals surface area contributed by atoms with Crippen molar-refractivity contribution in [1.29, 1.82) is 0 Å². The van der Waals surface area contributed by atoms with Gasteiger partial charge in [-0.25, -0.2) is 12.7 Å². The van der Waals surface area contributed by atoms with Crippen LogP contribution in [0.4, 0.5) is 0 Å². The number of thiophene rings is 1. The third-order valence-electron chi connectivity index (χ3n) is 3.02. The van der Waals surface area contributed by atoms with Gasteiger partial charge in [-0.2, -0.15) is 0 Å². The Kier molecular flexibility index (Phi) is 4.01. The maximum atomic E-state index is 12.3. The molecule has 1 amide bonds. The molecule has 0 bridgehead atoms. The summed E-state index contributed by atoms with van der Waals surface area (Å²) in [5.41, 5.74) is 0. The number of hydrogen-bond acceptors (Lipinski definition) is 4. The van der Waals surface area contributed by atoms with Crippen LogP contribution in [0.15, 0.2) is 12.1 Å². The Morgan fingerprint density at radius 1 is 1.47 bits per heavy atom. The molecule has 6 heteroatoms. The van der Waals surface area contributed by atoms with Gasteiger partial charge in [-0.1, -0.05) is 20.8 Å². The van der Waals surface area contributed by atoms with Gasteiger partial charge < -0.3 is 0 Å². The monoisotopic (exact) mass is 301 g/mol. The Morgan fingerprint density at radius 2 is 2.16 bits per heavy atom. The number of carbonyl (C=O) groups is 1. The lowest BCUT2D eigenvalue weighted by molar-refractivity contribution is 0.0868. The van der Waals surface area contributed by atoms with Crippen LogP contribution in [0, 0.1) is 11.8 Å². The molecule has 0 radical (unpaired) electrons. The van der Waals surface area contributed by atoms with Crippen molar-refractivity contribution in [3.63, 3.8) is 0 Å². The second kappa shape index (κ2) is 5.25. The topological polar surface area (TPSA) is 54.5 Å². The van der Waals surface area contributed by atoms with Crippen LogP contribution < -0.4 is 0 Å². The minimum Gasteiger partial charge on any atom is -0.267 e. The summed E-state index contributed by atoms with van der Waals surface area (Å²) in [6.07, 6.45) is 0.918. The summed E-state index contributed by atoms with van der Waals surface area (Å²) >= 11 is 1.40. The summed E-state index contributed by atoms with van der Waals surface area (Å²) in [4.78, 5) is 13.9. The number of rotatable bonds is 3. The predicted octanol–water partition coefficient (Wildman–Crippen LogP) is 2.37. The molecule has 0 aromatic carbocycles. The van der Waals surface area contributed by atoms with E-state index in [4.69, 9.17) is 0 Å². The molecule has 4 nitrogen and oxygen atoms in total. The lowest BCUT2D eigenvalue weighted by Gasteiger charge is -2.13. The van der Waals surface area contributed by atoms with Gasteiger partial charge in [0.2, 0.25) is 10.0 Å². The number of carbonyl (C=O) groups excluding carboxylic acids is 1. The zero-order valence-electron chi connectivity index (χ0n) is 11.4. The highest BCUT2D eigenvalue weighted by Gasteiger charge is 2.37. The largest absolute Gasteiger partial charge is 0.277 e. The van der Waals surface area contributed by atoms with Gasteiger partial charge in [-0.05, 0) is 30.4 Å². The normalized spacial score (nSPS) is 22.1. The first kappa shape index (κ1) is 14.5. The van der Waals surface area contributed by atoms with Crippen LogP contribution in [-0.4, -0.2) is 30.9 Å². The second-order valence-electron chi connectivity index (χ2n) is 5.58. The molecule has 1 fully saturated rings. The molecule has 1 atom stereocenters. The summed E-state index contributed by atoms with van der Waals surface area (Å²) in [6.45, 7) is 6.39. The maximum absolute atomic E-state index is 12.3. The molecule has 2 rings (SSSR count). The number of nitrogens with zero attached hydrogens (tertiary/aromatic N) is 1. The van der Waals surface area contributed by atoms with Crippen molar-refractivity contribution in [2.24, 2.45) is 11.8 Å². The SMILES string of the molecule is CC(C)Cc1ccc(C(=O)N2CC(C)CS2(=O)=O)s1. The Balaban J connectivity index is 2.18. The van der Waals surface area contributed by atoms with Gasteiger partial charge in [0.25, 0.3) is 5.91 Å². The Bertz CT molecular complexity index is 574. The standard InChI is InChI=1S/C13H19NO3S2/c1-9(2)6-11-4-5-12(18-11)13(15)14-7-10(3)8-19(14,16)17/h4-5,9-10H,6-8H2,1-3H3. The lowest BCUT2D eigenvalue weighted by atomic mass is 10.1. The van der Waals surface area contributed by atoms with Crippen molar-refractivity contribution >= 4 is 27.3 Å². The molecule has 1 aliphatic heterocycles. The predicted molar refractivity (Wildman–Crippen MR) is 76.8 cm³/mol. The zero-order valence-corrected chi connectivity index (χ0v) is 13.1. The quantitative estimate of drug-likeness (QED) is 0.861. The van der Waals surface area contributed by atoms with E-state index in [1.807, 2.05) is 13.0 Å². The minimum atomic E-state index is -3.41. The Morgan fingerprint density at radius 3 is 2.68 bits per heavy atom. The van der Waals surface area contributed by atoms with E-state index in [-0.39, 0.29) is 17.6 Å². The van der Waals surface area contributed by atoms with Gasteiger partial charge in [0.15, 0.2) is 0 Å². The average Bonchev–Trinajstić information content (AvgIpc) is 2.81. The molecule has 0 aliphatic carbocycles. The highest BCUT2D eigenvalue weighted by atomic mass is 32.2. The van der Waals surface area contributed by atoms with Crippen molar-refractivity contribution < 1.29 is 13.2 Å². The molecule has 1 unspecified atom stereocenters. The first-order chi connectivity index (χ1) is 8.79. The van der Waals surface area contributed by atoms with E-state index in [1.165, 1.54) is 11.3 Å². The van der Waals surface area contributed by atoms with Crippen molar-refractivity contribution in [2.45, 2.75) is 27.2 Å². The van der Waals surface area contributed by atoms with Crippen LogP contribution in [0.5, 0.6) is 0 Å². The Labute approximate surface area is 118 Å². The van der Waals surface area contributed by atoms with Crippen LogP contribution in [-0.2, 0) is 16.4 Å². The Hall–Kier alpha value is -0.880. The summed E-state index contributed by atoms with van der Waals surface area (Å²) < 4.78 is 24.8. The van der Waals surface area contributed by atoms with E-state index < -0.39 is 10.0 Å². The third kappa shape index (κ3) is 3.17. The first-order valence-corrected chi connectivity index (χ1v) is 8.85. The van der Waals surface area contributed by atoms with Gasteiger partial charge in [0.05, 0.1) is 10.6 Å². The first-order valence-electron chi connectivity index (χ1n) is 6.43. The van der Waals surface area contributed by atoms with Crippen molar-refractivity contribution in [3.8, 4) is 0 Å². The summed E-state index contributed by atoms with van der Waals surface area (Å²) in [5.74, 6) is 0.244. The zero-order chi connectivity index (χ0) is 14.2. The maximum Gasteiger partial charge on any atom is 0.277 e. The van der Waals surface area contributed by atoms with Gasteiger partial charge in [-0.15, -0.1) is 11.3 Å². The molecule has 1 aliphatic rings. The fourth-order valence-corrected chi connectivity index (χ4v) is 5.30. The second-order valence-corrected chi connectivity index (χ2v) is 8.69. The molecule has 1 saturated heterocycles. The summed E-state index contributed by atoms with van der Waals surface area (Å²) in [6, 6.07) is 3.66. The van der Waals surface area contributed by atoms with Crippen LogP contribution in [0.25, 0.3) is 0 Å². The lowest BCUT2D eigenvalue weighted by Crippen LogP contribution is -2.32. The highest BCUT2D eigenvalue weighted by molar-refractivity contribution is 7.89. The van der Waals surface area contributed by atoms with Crippen LogP contribution in [0.2, 0.25) is 0 Å².